The Bertz CT molecular complexity index is 1070. The van der Waals surface area contributed by atoms with Gasteiger partial charge in [-0.2, -0.15) is 0 Å². The zero-order valence-corrected chi connectivity index (χ0v) is 17.1. The molecule has 1 fully saturated rings. The molecule has 3 aromatic rings. The van der Waals surface area contributed by atoms with Crippen LogP contribution in [0.15, 0.2) is 45.8 Å². The van der Waals surface area contributed by atoms with E-state index in [1.807, 2.05) is 36.4 Å². The fraction of sp³-hybridized carbons (Fsp3) is 0.318. The number of hydrogen-bond donors (Lipinski definition) is 2. The molecule has 2 N–H and O–H groups in total. The summed E-state index contributed by atoms with van der Waals surface area (Å²) in [6.45, 7) is -0.0144. The first kappa shape index (κ1) is 18.4. The quantitative estimate of drug-likeness (QED) is 0.577. The lowest BCUT2D eigenvalue weighted by Crippen LogP contribution is -2.20. The van der Waals surface area contributed by atoms with Crippen LogP contribution >= 0.6 is 11.9 Å². The number of ether oxygens (including phenoxy) is 2. The van der Waals surface area contributed by atoms with E-state index in [1.165, 1.54) is 17.5 Å². The minimum atomic E-state index is -0.0144. The molecule has 0 saturated heterocycles. The number of fused-ring (bicyclic) bond motifs is 4. The largest absolute Gasteiger partial charge is 0.497 e. The molecular formula is C22H22N2O4S. The second-order valence-electron chi connectivity index (χ2n) is 7.52. The summed E-state index contributed by atoms with van der Waals surface area (Å²) >= 11 is 1.46. The third-order valence-corrected chi connectivity index (χ3v) is 6.71. The van der Waals surface area contributed by atoms with Crippen molar-refractivity contribution >= 4 is 17.8 Å². The van der Waals surface area contributed by atoms with E-state index in [0.29, 0.717) is 5.75 Å². The number of rotatable bonds is 6. The number of aromatic nitrogens is 1. The highest BCUT2D eigenvalue weighted by molar-refractivity contribution is 8.00. The highest BCUT2D eigenvalue weighted by Crippen LogP contribution is 2.60. The first-order valence-electron chi connectivity index (χ1n) is 9.56. The number of aliphatic hydroxyl groups excluding tert-OH is 1. The highest BCUT2D eigenvalue weighted by Gasteiger charge is 2.51. The minimum absolute atomic E-state index is 0.0144. The molecule has 2 aliphatic rings. The van der Waals surface area contributed by atoms with Crippen LogP contribution in [0.25, 0.3) is 11.3 Å². The lowest BCUT2D eigenvalue weighted by atomic mass is 9.77. The lowest BCUT2D eigenvalue weighted by molar-refractivity contribution is 0.278. The average molecular weight is 410 g/mol. The maximum absolute atomic E-state index is 9.96. The summed E-state index contributed by atoms with van der Waals surface area (Å²) in [5, 5.41) is 14.3. The van der Waals surface area contributed by atoms with Crippen molar-refractivity contribution in [2.75, 3.05) is 18.9 Å². The molecule has 1 saturated carbocycles. The molecule has 150 valence electrons. The van der Waals surface area contributed by atoms with Gasteiger partial charge in [0.05, 0.1) is 25.7 Å². The Labute approximate surface area is 173 Å². The highest BCUT2D eigenvalue weighted by atomic mass is 32.2. The third kappa shape index (κ3) is 2.96. The van der Waals surface area contributed by atoms with E-state index in [-0.39, 0.29) is 12.0 Å². The van der Waals surface area contributed by atoms with Crippen LogP contribution in [0, 0.1) is 0 Å². The van der Waals surface area contributed by atoms with Gasteiger partial charge in [0, 0.05) is 16.5 Å². The third-order valence-electron chi connectivity index (χ3n) is 5.86. The molecule has 7 heteroatoms. The summed E-state index contributed by atoms with van der Waals surface area (Å²) in [4.78, 5) is 0.980. The second-order valence-corrected chi connectivity index (χ2v) is 8.37. The summed E-state index contributed by atoms with van der Waals surface area (Å²) in [7, 11) is 3.30. The molecule has 0 radical (unpaired) electrons. The Morgan fingerprint density at radius 3 is 2.76 bits per heavy atom. The summed E-state index contributed by atoms with van der Waals surface area (Å²) < 4.78 is 20.0. The van der Waals surface area contributed by atoms with E-state index >= 15 is 0 Å². The molecule has 6 nitrogen and oxygen atoms in total. The van der Waals surface area contributed by atoms with Crippen LogP contribution in [0.3, 0.4) is 0 Å². The Hall–Kier alpha value is -2.64. The van der Waals surface area contributed by atoms with Gasteiger partial charge in [-0.05, 0) is 66.6 Å². The van der Waals surface area contributed by atoms with Crippen LogP contribution in [0.5, 0.6) is 11.5 Å². The van der Waals surface area contributed by atoms with E-state index in [1.54, 1.807) is 14.2 Å². The molecule has 0 atom stereocenters. The van der Waals surface area contributed by atoms with E-state index in [9.17, 15) is 5.11 Å². The first-order chi connectivity index (χ1) is 14.2. The van der Waals surface area contributed by atoms with Crippen LogP contribution in [0.2, 0.25) is 0 Å². The van der Waals surface area contributed by atoms with Crippen molar-refractivity contribution in [2.45, 2.75) is 36.2 Å². The van der Waals surface area contributed by atoms with Crippen molar-refractivity contribution in [3.8, 4) is 22.8 Å². The van der Waals surface area contributed by atoms with Crippen molar-refractivity contribution in [1.29, 1.82) is 0 Å². The molecule has 2 aliphatic carbocycles. The molecule has 1 aromatic heterocycles. The van der Waals surface area contributed by atoms with Gasteiger partial charge in [0.15, 0.2) is 11.6 Å². The molecule has 1 spiro atoms. The first-order valence-corrected chi connectivity index (χ1v) is 10.4. The molecule has 29 heavy (non-hydrogen) atoms. The monoisotopic (exact) mass is 410 g/mol. The minimum Gasteiger partial charge on any atom is -0.497 e. The van der Waals surface area contributed by atoms with Gasteiger partial charge in [-0.15, -0.1) is 0 Å². The number of benzene rings is 2. The Kier molecular flexibility index (Phi) is 4.44. The maximum atomic E-state index is 9.96. The number of aliphatic hydroxyl groups is 1. The summed E-state index contributed by atoms with van der Waals surface area (Å²) in [5.41, 5.74) is 4.22. The molecule has 5 rings (SSSR count). The van der Waals surface area contributed by atoms with Crippen LogP contribution in [-0.2, 0) is 18.4 Å². The molecule has 0 unspecified atom stereocenters. The molecule has 0 amide bonds. The van der Waals surface area contributed by atoms with Crippen molar-refractivity contribution < 1.29 is 19.1 Å². The Morgan fingerprint density at radius 1 is 1.21 bits per heavy atom. The van der Waals surface area contributed by atoms with Crippen LogP contribution in [-0.4, -0.2) is 24.5 Å². The van der Waals surface area contributed by atoms with Crippen LogP contribution < -0.4 is 14.2 Å². The van der Waals surface area contributed by atoms with Gasteiger partial charge in [0.25, 0.3) is 0 Å². The summed E-state index contributed by atoms with van der Waals surface area (Å²) in [6.07, 6.45) is 3.05. The zero-order chi connectivity index (χ0) is 20.0. The van der Waals surface area contributed by atoms with Gasteiger partial charge in [0.1, 0.15) is 11.5 Å². The van der Waals surface area contributed by atoms with E-state index in [0.717, 1.165) is 58.2 Å². The number of anilines is 1. The second kappa shape index (κ2) is 7.00. The fourth-order valence-electron chi connectivity index (χ4n) is 4.30. The van der Waals surface area contributed by atoms with E-state index in [2.05, 4.69) is 9.88 Å². The molecule has 2 aromatic carbocycles. The molecular weight excluding hydrogens is 388 g/mol. The molecule has 0 bridgehead atoms. The van der Waals surface area contributed by atoms with Gasteiger partial charge in [-0.3, -0.25) is 0 Å². The van der Waals surface area contributed by atoms with Crippen molar-refractivity contribution in [3.05, 3.63) is 53.1 Å². The average Bonchev–Trinajstić information content (AvgIpc) is 3.41. The molecule has 0 aliphatic heterocycles. The van der Waals surface area contributed by atoms with Crippen molar-refractivity contribution in [1.82, 2.24) is 5.16 Å². The number of para-hydroxylation sites is 1. The zero-order valence-electron chi connectivity index (χ0n) is 16.3. The van der Waals surface area contributed by atoms with Gasteiger partial charge < -0.3 is 23.8 Å². The van der Waals surface area contributed by atoms with Gasteiger partial charge in [-0.25, -0.2) is 0 Å². The molecule has 1 heterocycles. The number of methoxy groups -OCH3 is 2. The maximum Gasteiger partial charge on any atom is 0.183 e. The Balaban J connectivity index is 1.53. The predicted molar refractivity (Wildman–Crippen MR) is 112 cm³/mol. The smallest absolute Gasteiger partial charge is 0.183 e. The number of nitrogens with zero attached hydrogens (tertiary/aromatic N) is 1. The lowest BCUT2D eigenvalue weighted by Gasteiger charge is -2.27. The van der Waals surface area contributed by atoms with Gasteiger partial charge in [0.2, 0.25) is 0 Å². The standard InChI is InChI=1S/C22H22N2O4S/c1-26-14-9-13(12-25)19-15(10-14)20-16(11-22(19)7-8-22)21(23-28-20)24-29-18-6-4-3-5-17(18)27-2/h3-6,9-10,25H,7-8,11-12H2,1-2H3,(H,23,24). The van der Waals surface area contributed by atoms with Gasteiger partial charge >= 0.3 is 0 Å². The van der Waals surface area contributed by atoms with Crippen LogP contribution in [0.4, 0.5) is 5.82 Å². The summed E-state index contributed by atoms with van der Waals surface area (Å²) in [6, 6.07) is 11.8. The predicted octanol–water partition coefficient (Wildman–Crippen LogP) is 4.56. The number of nitrogens with one attached hydrogen (secondary N) is 1. The van der Waals surface area contributed by atoms with Crippen molar-refractivity contribution in [3.63, 3.8) is 0 Å². The van der Waals surface area contributed by atoms with E-state index in [4.69, 9.17) is 14.0 Å². The summed E-state index contributed by atoms with van der Waals surface area (Å²) in [5.74, 6) is 3.02. The normalized spacial score (nSPS) is 15.6. The Morgan fingerprint density at radius 2 is 2.03 bits per heavy atom. The van der Waals surface area contributed by atoms with Gasteiger partial charge in [-0.1, -0.05) is 17.3 Å². The fourth-order valence-corrected chi connectivity index (χ4v) is 5.06. The van der Waals surface area contributed by atoms with Crippen molar-refractivity contribution in [2.24, 2.45) is 0 Å². The SMILES string of the molecule is COc1cc(CO)c2c(c1)-c1onc(NSc3ccccc3OC)c1CC21CC1. The van der Waals surface area contributed by atoms with E-state index < -0.39 is 0 Å². The topological polar surface area (TPSA) is 76.8 Å². The number of hydrogen-bond acceptors (Lipinski definition) is 7. The van der Waals surface area contributed by atoms with Crippen LogP contribution in [0.1, 0.15) is 29.5 Å².